The van der Waals surface area contributed by atoms with E-state index in [-0.39, 0.29) is 24.7 Å². The fourth-order valence-corrected chi connectivity index (χ4v) is 4.55. The van der Waals surface area contributed by atoms with Gasteiger partial charge in [0.15, 0.2) is 11.5 Å². The van der Waals surface area contributed by atoms with Crippen LogP contribution < -0.4 is 18.9 Å². The summed E-state index contributed by atoms with van der Waals surface area (Å²) in [6.07, 6.45) is 1.31. The Morgan fingerprint density at radius 1 is 1.00 bits per heavy atom. The van der Waals surface area contributed by atoms with Crippen molar-refractivity contribution < 1.29 is 23.7 Å². The van der Waals surface area contributed by atoms with Gasteiger partial charge in [0.25, 0.3) is 0 Å². The predicted molar refractivity (Wildman–Crippen MR) is 140 cm³/mol. The van der Waals surface area contributed by atoms with Crippen LogP contribution in [-0.4, -0.2) is 37.4 Å². The summed E-state index contributed by atoms with van der Waals surface area (Å²) < 4.78 is 22.6. The molecule has 190 valence electrons. The van der Waals surface area contributed by atoms with Crippen LogP contribution in [0, 0.1) is 0 Å². The van der Waals surface area contributed by atoms with Gasteiger partial charge in [-0.05, 0) is 61.7 Å². The number of benzene rings is 3. The average molecular weight is 490 g/mol. The quantitative estimate of drug-likeness (QED) is 0.322. The van der Waals surface area contributed by atoms with Gasteiger partial charge in [0, 0.05) is 31.0 Å². The van der Waals surface area contributed by atoms with Crippen molar-refractivity contribution in [1.29, 1.82) is 0 Å². The number of rotatable bonds is 11. The Bertz CT molecular complexity index is 1160. The number of para-hydroxylation sites is 1. The first-order chi connectivity index (χ1) is 17.5. The molecule has 0 aliphatic carbocycles. The molecule has 0 saturated heterocycles. The van der Waals surface area contributed by atoms with E-state index in [0.29, 0.717) is 19.5 Å². The Labute approximate surface area is 213 Å². The van der Waals surface area contributed by atoms with Crippen LogP contribution in [0.25, 0.3) is 0 Å². The average Bonchev–Trinajstić information content (AvgIpc) is 3.37. The first-order valence-electron chi connectivity index (χ1n) is 12.5. The lowest BCUT2D eigenvalue weighted by atomic mass is 9.87. The van der Waals surface area contributed by atoms with Gasteiger partial charge in [0.1, 0.15) is 11.5 Å². The lowest BCUT2D eigenvalue weighted by Crippen LogP contribution is -2.31. The van der Waals surface area contributed by atoms with Crippen molar-refractivity contribution in [1.82, 2.24) is 4.90 Å². The lowest BCUT2D eigenvalue weighted by molar-refractivity contribution is -0.131. The highest BCUT2D eigenvalue weighted by Crippen LogP contribution is 2.40. The molecule has 4 rings (SSSR count). The Morgan fingerprint density at radius 3 is 2.47 bits per heavy atom. The molecule has 0 saturated carbocycles. The maximum absolute atomic E-state index is 12.9. The van der Waals surface area contributed by atoms with Crippen LogP contribution >= 0.6 is 0 Å². The molecule has 6 heteroatoms. The van der Waals surface area contributed by atoms with Crippen LogP contribution in [0.1, 0.15) is 56.2 Å². The van der Waals surface area contributed by atoms with Crippen LogP contribution in [0.3, 0.4) is 0 Å². The van der Waals surface area contributed by atoms with Crippen molar-refractivity contribution in [3.8, 4) is 23.0 Å². The molecule has 0 fully saturated rings. The van der Waals surface area contributed by atoms with Crippen LogP contribution in [0.15, 0.2) is 66.7 Å². The van der Waals surface area contributed by atoms with E-state index in [1.165, 1.54) is 0 Å². The third-order valence-electron chi connectivity index (χ3n) is 6.32. The van der Waals surface area contributed by atoms with Crippen molar-refractivity contribution in [2.24, 2.45) is 0 Å². The molecule has 3 aromatic rings. The molecule has 1 amide bonds. The minimum Gasteiger partial charge on any atom is -0.496 e. The van der Waals surface area contributed by atoms with Crippen LogP contribution in [0.2, 0.25) is 0 Å². The topological polar surface area (TPSA) is 57.2 Å². The Morgan fingerprint density at radius 2 is 1.75 bits per heavy atom. The second-order valence-corrected chi connectivity index (χ2v) is 9.18. The molecular formula is C30H35NO5. The first-order valence-corrected chi connectivity index (χ1v) is 12.5. The van der Waals surface area contributed by atoms with E-state index in [0.717, 1.165) is 46.1 Å². The molecule has 0 unspecified atom stereocenters. The van der Waals surface area contributed by atoms with Crippen molar-refractivity contribution in [2.45, 2.75) is 52.2 Å². The Kier molecular flexibility index (Phi) is 8.36. The molecular weight excluding hydrogens is 454 g/mol. The normalized spacial score (nSPS) is 12.9. The number of methoxy groups -OCH3 is 1. The van der Waals surface area contributed by atoms with E-state index in [1.807, 2.05) is 80.3 Å². The summed E-state index contributed by atoms with van der Waals surface area (Å²) in [7, 11) is 1.69. The highest BCUT2D eigenvalue weighted by molar-refractivity contribution is 5.75. The number of hydrogen-bond acceptors (Lipinski definition) is 5. The van der Waals surface area contributed by atoms with Gasteiger partial charge < -0.3 is 23.8 Å². The van der Waals surface area contributed by atoms with Gasteiger partial charge in [0.05, 0.1) is 13.2 Å². The molecule has 1 atom stereocenters. The zero-order valence-corrected chi connectivity index (χ0v) is 21.5. The van der Waals surface area contributed by atoms with Crippen LogP contribution in [0.4, 0.5) is 0 Å². The van der Waals surface area contributed by atoms with Crippen molar-refractivity contribution in [2.75, 3.05) is 20.4 Å². The zero-order chi connectivity index (χ0) is 25.5. The maximum Gasteiger partial charge on any atom is 0.231 e. The number of fused-ring (bicyclic) bond motifs is 1. The number of nitrogens with zero attached hydrogens (tertiary/aromatic N) is 1. The molecule has 0 spiro atoms. The molecule has 0 aromatic heterocycles. The second-order valence-electron chi connectivity index (χ2n) is 9.18. The SMILES string of the molecule is CCC(=O)N(CC[C@H](c1ccc2c(c1)OCO2)c1ccccc1OC)Cc1ccc(OC(C)C)cc1. The lowest BCUT2D eigenvalue weighted by Gasteiger charge is -2.27. The number of ether oxygens (including phenoxy) is 4. The van der Waals surface area contributed by atoms with Crippen molar-refractivity contribution >= 4 is 5.91 Å². The predicted octanol–water partition coefficient (Wildman–Crippen LogP) is 6.17. The van der Waals surface area contributed by atoms with Crippen molar-refractivity contribution in [3.63, 3.8) is 0 Å². The molecule has 0 bridgehead atoms. The summed E-state index contributed by atoms with van der Waals surface area (Å²) in [4.78, 5) is 14.9. The smallest absolute Gasteiger partial charge is 0.231 e. The molecule has 0 radical (unpaired) electrons. The fourth-order valence-electron chi connectivity index (χ4n) is 4.55. The fraction of sp³-hybridized carbons (Fsp3) is 0.367. The summed E-state index contributed by atoms with van der Waals surface area (Å²) in [5.41, 5.74) is 3.26. The standard InChI is InChI=1S/C30H35NO5/c1-5-30(32)31(19-22-10-13-24(14-11-22)36-21(2)3)17-16-25(26-8-6-7-9-27(26)33-4)23-12-15-28-29(18-23)35-20-34-28/h6-15,18,21,25H,5,16-17,19-20H2,1-4H3/t25-/m1/s1. The highest BCUT2D eigenvalue weighted by Gasteiger charge is 2.24. The van der Waals surface area contributed by atoms with Gasteiger partial charge in [-0.2, -0.15) is 0 Å². The van der Waals surface area contributed by atoms with Gasteiger partial charge in [-0.1, -0.05) is 43.3 Å². The zero-order valence-electron chi connectivity index (χ0n) is 21.5. The van der Waals surface area contributed by atoms with Gasteiger partial charge in [-0.15, -0.1) is 0 Å². The number of hydrogen-bond donors (Lipinski definition) is 0. The summed E-state index contributed by atoms with van der Waals surface area (Å²) in [6, 6.07) is 22.1. The Hall–Kier alpha value is -3.67. The third-order valence-corrected chi connectivity index (χ3v) is 6.32. The van der Waals surface area contributed by atoms with E-state index in [2.05, 4.69) is 12.1 Å². The number of carbonyl (C=O) groups is 1. The van der Waals surface area contributed by atoms with E-state index < -0.39 is 0 Å². The molecule has 1 aliphatic rings. The second kappa shape index (κ2) is 11.8. The highest BCUT2D eigenvalue weighted by atomic mass is 16.7. The largest absolute Gasteiger partial charge is 0.496 e. The van der Waals surface area contributed by atoms with Gasteiger partial charge in [0.2, 0.25) is 12.7 Å². The minimum absolute atomic E-state index is 0.0182. The molecule has 36 heavy (non-hydrogen) atoms. The van der Waals surface area contributed by atoms with E-state index in [9.17, 15) is 4.79 Å². The summed E-state index contributed by atoms with van der Waals surface area (Å²) >= 11 is 0. The minimum atomic E-state index is 0.0182. The van der Waals surface area contributed by atoms with E-state index in [1.54, 1.807) is 7.11 Å². The molecule has 1 heterocycles. The summed E-state index contributed by atoms with van der Waals surface area (Å²) in [6.45, 7) is 7.31. The maximum atomic E-state index is 12.9. The number of carbonyl (C=O) groups excluding carboxylic acids is 1. The number of amides is 1. The molecule has 1 aliphatic heterocycles. The van der Waals surface area contributed by atoms with E-state index >= 15 is 0 Å². The van der Waals surface area contributed by atoms with E-state index in [4.69, 9.17) is 18.9 Å². The van der Waals surface area contributed by atoms with Gasteiger partial charge in [-0.3, -0.25) is 4.79 Å². The Balaban J connectivity index is 1.57. The third kappa shape index (κ3) is 6.11. The molecule has 3 aromatic carbocycles. The van der Waals surface area contributed by atoms with Gasteiger partial charge in [-0.25, -0.2) is 0 Å². The van der Waals surface area contributed by atoms with Crippen LogP contribution in [-0.2, 0) is 11.3 Å². The van der Waals surface area contributed by atoms with Gasteiger partial charge >= 0.3 is 0 Å². The monoisotopic (exact) mass is 489 g/mol. The summed E-state index contributed by atoms with van der Waals surface area (Å²) in [5, 5.41) is 0. The summed E-state index contributed by atoms with van der Waals surface area (Å²) in [5.74, 6) is 3.31. The van der Waals surface area contributed by atoms with Crippen molar-refractivity contribution in [3.05, 3.63) is 83.4 Å². The van der Waals surface area contributed by atoms with Crippen LogP contribution in [0.5, 0.6) is 23.0 Å². The molecule has 0 N–H and O–H groups in total. The first kappa shape index (κ1) is 25.4. The molecule has 6 nitrogen and oxygen atoms in total.